The standard InChI is InChI=1S/C85H142O17P2/c1-5-9-13-17-21-25-29-32-35-37-39-41-44-47-51-54-58-62-66-70-83(88)96-76-81(102-85(90)72-68-64-60-56-52-48-45-42-40-38-36-33-30-26-22-18-14-10-6-2)78-100-104(93,94)98-74-79(86)73-97-103(91,92)99-77-80(101-84(89)71-67-63-59-55-49-28-24-20-16-12-8-4)75-95-82(87)69-65-61-57-53-50-46-43-34-31-27-23-19-15-11-7-3/h9-11,13-15,20-27,32-36,39-43,79-81,86H,5-8,12,16-19,28-31,37-38,44-78H2,1-4H3,(H,91,92)(H,93,94)/b13-9-,14-10-,15-11-,24-20-,25-21-,26-22-,27-23-,35-32-,36-33-,41-39-,42-40-,43-34-. The predicted molar refractivity (Wildman–Crippen MR) is 427 cm³/mol. The minimum atomic E-state index is -4.99. The number of phosphoric ester groups is 2. The van der Waals surface area contributed by atoms with E-state index in [2.05, 4.69) is 174 Å². The molecule has 0 fully saturated rings. The van der Waals surface area contributed by atoms with E-state index in [1.54, 1.807) is 0 Å². The van der Waals surface area contributed by atoms with Gasteiger partial charge in [-0.25, -0.2) is 9.13 Å². The van der Waals surface area contributed by atoms with Crippen molar-refractivity contribution < 1.29 is 80.2 Å². The number of allylic oxidation sites excluding steroid dienone is 24. The molecule has 0 radical (unpaired) electrons. The Hall–Kier alpha value is -5.06. The molecule has 0 amide bonds. The van der Waals surface area contributed by atoms with Gasteiger partial charge in [0.25, 0.3) is 0 Å². The zero-order valence-corrected chi connectivity index (χ0v) is 66.7. The van der Waals surface area contributed by atoms with E-state index in [4.69, 9.17) is 37.0 Å². The van der Waals surface area contributed by atoms with E-state index in [1.807, 2.05) is 0 Å². The predicted octanol–water partition coefficient (Wildman–Crippen LogP) is 23.4. The Labute approximate surface area is 630 Å². The Kier molecular flexibility index (Phi) is 72.4. The molecule has 17 nitrogen and oxygen atoms in total. The van der Waals surface area contributed by atoms with E-state index in [9.17, 15) is 43.2 Å². The van der Waals surface area contributed by atoms with E-state index in [-0.39, 0.29) is 25.7 Å². The highest BCUT2D eigenvalue weighted by atomic mass is 31.2. The fourth-order valence-corrected chi connectivity index (χ4v) is 11.8. The van der Waals surface area contributed by atoms with Gasteiger partial charge in [-0.1, -0.05) is 276 Å². The Morgan fingerprint density at radius 3 is 0.779 bits per heavy atom. The van der Waals surface area contributed by atoms with Gasteiger partial charge in [0.1, 0.15) is 19.3 Å². The van der Waals surface area contributed by atoms with Crippen LogP contribution < -0.4 is 0 Å². The molecule has 0 heterocycles. The van der Waals surface area contributed by atoms with Crippen LogP contribution in [0.15, 0.2) is 146 Å². The molecule has 0 aromatic heterocycles. The highest BCUT2D eigenvalue weighted by molar-refractivity contribution is 7.47. The van der Waals surface area contributed by atoms with Crippen LogP contribution in [0.3, 0.4) is 0 Å². The minimum absolute atomic E-state index is 0.0708. The third-order valence-corrected chi connectivity index (χ3v) is 18.2. The number of hydrogen-bond donors (Lipinski definition) is 3. The third-order valence-electron chi connectivity index (χ3n) is 16.3. The second-order valence-corrected chi connectivity index (χ2v) is 29.1. The van der Waals surface area contributed by atoms with Crippen LogP contribution in [0.5, 0.6) is 0 Å². The van der Waals surface area contributed by atoms with Gasteiger partial charge in [-0.3, -0.25) is 37.3 Å². The van der Waals surface area contributed by atoms with E-state index >= 15 is 0 Å². The molecule has 0 bridgehead atoms. The number of carbonyl (C=O) groups is 4. The first-order chi connectivity index (χ1) is 50.7. The minimum Gasteiger partial charge on any atom is -0.462 e. The molecule has 3 N–H and O–H groups in total. The normalized spacial score (nSPS) is 14.6. The number of aliphatic hydroxyl groups excluding tert-OH is 1. The van der Waals surface area contributed by atoms with E-state index in [0.29, 0.717) is 25.7 Å². The van der Waals surface area contributed by atoms with Crippen molar-refractivity contribution in [1.82, 2.24) is 0 Å². The maximum absolute atomic E-state index is 13.1. The summed E-state index contributed by atoms with van der Waals surface area (Å²) in [4.78, 5) is 73.0. The van der Waals surface area contributed by atoms with E-state index in [0.717, 1.165) is 218 Å². The molecular weight excluding hydrogens is 1350 g/mol. The molecular formula is C85H142O17P2. The first-order valence-corrected chi connectivity index (χ1v) is 43.1. The van der Waals surface area contributed by atoms with Gasteiger partial charge in [-0.15, -0.1) is 0 Å². The average molecular weight is 1500 g/mol. The zero-order valence-electron chi connectivity index (χ0n) is 64.9. The summed E-state index contributed by atoms with van der Waals surface area (Å²) in [5, 5.41) is 10.6. The van der Waals surface area contributed by atoms with Gasteiger partial charge in [0.2, 0.25) is 0 Å². The van der Waals surface area contributed by atoms with Crippen molar-refractivity contribution in [1.29, 1.82) is 0 Å². The quantitative estimate of drug-likeness (QED) is 0.0169. The summed E-state index contributed by atoms with van der Waals surface area (Å²) in [5.74, 6) is -2.24. The molecule has 0 aliphatic heterocycles. The van der Waals surface area contributed by atoms with Gasteiger partial charge >= 0.3 is 39.5 Å². The summed E-state index contributed by atoms with van der Waals surface area (Å²) in [6, 6.07) is 0. The monoisotopic (exact) mass is 1500 g/mol. The lowest BCUT2D eigenvalue weighted by molar-refractivity contribution is -0.161. The maximum atomic E-state index is 13.1. The summed E-state index contributed by atoms with van der Waals surface area (Å²) in [6.07, 6.45) is 86.8. The smallest absolute Gasteiger partial charge is 0.462 e. The van der Waals surface area contributed by atoms with Crippen LogP contribution in [0.2, 0.25) is 0 Å². The van der Waals surface area contributed by atoms with E-state index < -0.39 is 97.5 Å². The van der Waals surface area contributed by atoms with Crippen LogP contribution in [-0.2, 0) is 65.4 Å². The molecule has 104 heavy (non-hydrogen) atoms. The zero-order chi connectivity index (χ0) is 76.0. The van der Waals surface area contributed by atoms with Crippen molar-refractivity contribution in [2.45, 2.75) is 329 Å². The molecule has 0 aliphatic rings. The van der Waals surface area contributed by atoms with E-state index in [1.165, 1.54) is 12.8 Å². The van der Waals surface area contributed by atoms with Gasteiger partial charge < -0.3 is 33.8 Å². The lowest BCUT2D eigenvalue weighted by Crippen LogP contribution is -2.30. The molecule has 5 unspecified atom stereocenters. The fraction of sp³-hybridized carbons (Fsp3) is 0.671. The Balaban J connectivity index is 5.38. The Morgan fingerprint density at radius 2 is 0.500 bits per heavy atom. The van der Waals surface area contributed by atoms with Crippen LogP contribution in [0.4, 0.5) is 0 Å². The van der Waals surface area contributed by atoms with Crippen molar-refractivity contribution in [2.24, 2.45) is 0 Å². The van der Waals surface area contributed by atoms with Gasteiger partial charge in [0, 0.05) is 25.7 Å². The molecule has 0 saturated heterocycles. The summed E-state index contributed by atoms with van der Waals surface area (Å²) in [6.45, 7) is 4.44. The summed E-state index contributed by atoms with van der Waals surface area (Å²) in [7, 11) is -9.98. The van der Waals surface area contributed by atoms with Gasteiger partial charge in [0.15, 0.2) is 12.2 Å². The maximum Gasteiger partial charge on any atom is 0.472 e. The number of ether oxygens (including phenoxy) is 4. The molecule has 0 aromatic rings. The average Bonchev–Trinajstić information content (AvgIpc) is 0.928. The van der Waals surface area contributed by atoms with Gasteiger partial charge in [-0.2, -0.15) is 0 Å². The number of carbonyl (C=O) groups excluding carboxylic acids is 4. The second kappa shape index (κ2) is 76.1. The highest BCUT2D eigenvalue weighted by Crippen LogP contribution is 2.45. The lowest BCUT2D eigenvalue weighted by Gasteiger charge is -2.21. The first kappa shape index (κ1) is 98.9. The largest absolute Gasteiger partial charge is 0.472 e. The SMILES string of the molecule is CC/C=C\C/C=C\C/C=C\C/C=C\CCCCCCCCC(=O)OCC(COP(=O)(O)OCC(O)COP(=O)(O)OCC(COC(=O)CCCCCCC/C=C\C/C=C\C/C=C\CC)OC(=O)CCCCCCC/C=C\CCCC)OC(=O)CCCCCCCC/C=C\C/C=C\C/C=C\C/C=C\CC. The summed E-state index contributed by atoms with van der Waals surface area (Å²) in [5.41, 5.74) is 0. The van der Waals surface area contributed by atoms with Crippen LogP contribution in [-0.4, -0.2) is 96.7 Å². The number of hydrogen-bond acceptors (Lipinski definition) is 15. The van der Waals surface area contributed by atoms with Gasteiger partial charge in [0.05, 0.1) is 26.4 Å². The van der Waals surface area contributed by atoms with Crippen LogP contribution >= 0.6 is 15.6 Å². The molecule has 0 aromatic carbocycles. The van der Waals surface area contributed by atoms with Crippen molar-refractivity contribution in [3.05, 3.63) is 146 Å². The lowest BCUT2D eigenvalue weighted by atomic mass is 10.1. The molecule has 19 heteroatoms. The van der Waals surface area contributed by atoms with Crippen LogP contribution in [0.1, 0.15) is 310 Å². The Morgan fingerprint density at radius 1 is 0.279 bits per heavy atom. The van der Waals surface area contributed by atoms with Crippen LogP contribution in [0.25, 0.3) is 0 Å². The number of aliphatic hydroxyl groups is 1. The molecule has 5 atom stereocenters. The number of rotatable bonds is 74. The molecule has 594 valence electrons. The number of phosphoric acid groups is 2. The van der Waals surface area contributed by atoms with Crippen molar-refractivity contribution in [3.63, 3.8) is 0 Å². The number of esters is 4. The highest BCUT2D eigenvalue weighted by Gasteiger charge is 2.30. The third kappa shape index (κ3) is 75.2. The van der Waals surface area contributed by atoms with Crippen LogP contribution in [0, 0.1) is 0 Å². The first-order valence-electron chi connectivity index (χ1n) is 40.1. The number of unbranched alkanes of at least 4 members (excludes halogenated alkanes) is 24. The van der Waals surface area contributed by atoms with Gasteiger partial charge in [-0.05, 0) is 154 Å². The molecule has 0 aliphatic carbocycles. The summed E-state index contributed by atoms with van der Waals surface area (Å²) < 4.78 is 68.6. The van der Waals surface area contributed by atoms with Crippen molar-refractivity contribution >= 4 is 39.5 Å². The molecule has 0 rings (SSSR count). The van der Waals surface area contributed by atoms with Crippen molar-refractivity contribution in [2.75, 3.05) is 39.6 Å². The topological polar surface area (TPSA) is 237 Å². The fourth-order valence-electron chi connectivity index (χ4n) is 10.3. The summed E-state index contributed by atoms with van der Waals surface area (Å²) >= 11 is 0. The molecule has 0 saturated carbocycles. The van der Waals surface area contributed by atoms with Crippen molar-refractivity contribution in [3.8, 4) is 0 Å². The Bertz CT molecular complexity index is 2540. The molecule has 0 spiro atoms. The second-order valence-electron chi connectivity index (χ2n) is 26.2.